The highest BCUT2D eigenvalue weighted by Gasteiger charge is 2.19. The number of carboxylic acids is 1. The Kier molecular flexibility index (Phi) is 4.44. The molecule has 0 saturated carbocycles. The molecule has 1 heterocycles. The van der Waals surface area contributed by atoms with Crippen LogP contribution in [0.25, 0.3) is 0 Å². The molecular weight excluding hydrogens is 210 g/mol. The molecule has 1 rings (SSSR count). The van der Waals surface area contributed by atoms with Crippen LogP contribution in [0, 0.1) is 0 Å². The Morgan fingerprint density at radius 2 is 2.25 bits per heavy atom. The second-order valence-corrected chi connectivity index (χ2v) is 3.36. The molecule has 0 amide bonds. The van der Waals surface area contributed by atoms with Gasteiger partial charge >= 0.3 is 11.9 Å². The predicted molar refractivity (Wildman–Crippen MR) is 55.9 cm³/mol. The van der Waals surface area contributed by atoms with E-state index in [1.54, 1.807) is 24.5 Å². The number of hydrogen-bond donors (Lipinski definition) is 1. The van der Waals surface area contributed by atoms with Crippen LogP contribution in [0.5, 0.6) is 0 Å². The molecule has 16 heavy (non-hydrogen) atoms. The molecule has 0 bridgehead atoms. The van der Waals surface area contributed by atoms with Gasteiger partial charge in [-0.3, -0.25) is 14.6 Å². The predicted octanol–water partition coefficient (Wildman–Crippen LogP) is 1.20. The first-order valence-electron chi connectivity index (χ1n) is 4.82. The number of ether oxygens (including phenoxy) is 1. The fraction of sp³-hybridized carbons (Fsp3) is 0.364. The smallest absolute Gasteiger partial charge is 0.306 e. The van der Waals surface area contributed by atoms with Gasteiger partial charge in [0.1, 0.15) is 0 Å². The topological polar surface area (TPSA) is 76.5 Å². The maximum Gasteiger partial charge on any atom is 0.306 e. The van der Waals surface area contributed by atoms with E-state index in [0.29, 0.717) is 0 Å². The zero-order valence-electron chi connectivity index (χ0n) is 8.92. The van der Waals surface area contributed by atoms with Gasteiger partial charge < -0.3 is 9.84 Å². The van der Waals surface area contributed by atoms with Crippen LogP contribution in [0.3, 0.4) is 0 Å². The lowest BCUT2D eigenvalue weighted by Crippen LogP contribution is -2.12. The maximum atomic E-state index is 11.1. The van der Waals surface area contributed by atoms with Crippen molar-refractivity contribution in [3.63, 3.8) is 0 Å². The third-order valence-corrected chi connectivity index (χ3v) is 2.22. The van der Waals surface area contributed by atoms with Crippen LogP contribution in [-0.4, -0.2) is 29.1 Å². The molecular formula is C11H13NO4. The number of rotatable bonds is 5. The standard InChI is InChI=1S/C11H13NO4/c1-16-11(15)6-9(5-10(13)14)8-3-2-4-12-7-8/h2-4,7,9H,5-6H2,1H3,(H,13,14). The summed E-state index contributed by atoms with van der Waals surface area (Å²) in [5.41, 5.74) is 0.732. The van der Waals surface area contributed by atoms with Gasteiger partial charge in [0.15, 0.2) is 0 Å². The van der Waals surface area contributed by atoms with Gasteiger partial charge in [-0.2, -0.15) is 0 Å². The van der Waals surface area contributed by atoms with Crippen LogP contribution in [0.15, 0.2) is 24.5 Å². The number of hydrogen-bond acceptors (Lipinski definition) is 4. The van der Waals surface area contributed by atoms with Crippen molar-refractivity contribution in [1.82, 2.24) is 4.98 Å². The summed E-state index contributed by atoms with van der Waals surface area (Å²) in [4.78, 5) is 25.7. The van der Waals surface area contributed by atoms with Crippen LogP contribution in [-0.2, 0) is 14.3 Å². The van der Waals surface area contributed by atoms with Crippen molar-refractivity contribution in [3.05, 3.63) is 30.1 Å². The number of esters is 1. The fourth-order valence-electron chi connectivity index (χ4n) is 1.42. The van der Waals surface area contributed by atoms with Crippen molar-refractivity contribution in [1.29, 1.82) is 0 Å². The van der Waals surface area contributed by atoms with E-state index in [0.717, 1.165) is 5.56 Å². The lowest BCUT2D eigenvalue weighted by Gasteiger charge is -2.13. The van der Waals surface area contributed by atoms with Gasteiger partial charge in [0, 0.05) is 18.3 Å². The van der Waals surface area contributed by atoms with Crippen molar-refractivity contribution < 1.29 is 19.4 Å². The van der Waals surface area contributed by atoms with Gasteiger partial charge in [0.2, 0.25) is 0 Å². The van der Waals surface area contributed by atoms with Gasteiger partial charge in [0.05, 0.1) is 20.0 Å². The highest BCUT2D eigenvalue weighted by atomic mass is 16.5. The number of carbonyl (C=O) groups is 2. The molecule has 0 aromatic carbocycles. The van der Waals surface area contributed by atoms with Crippen molar-refractivity contribution in [2.45, 2.75) is 18.8 Å². The third kappa shape index (κ3) is 3.68. The molecule has 0 fully saturated rings. The van der Waals surface area contributed by atoms with E-state index in [1.807, 2.05) is 0 Å². The summed E-state index contributed by atoms with van der Waals surface area (Å²) in [6.45, 7) is 0. The van der Waals surface area contributed by atoms with E-state index >= 15 is 0 Å². The Bertz CT molecular complexity index is 364. The SMILES string of the molecule is COC(=O)CC(CC(=O)O)c1cccnc1. The molecule has 1 atom stereocenters. The van der Waals surface area contributed by atoms with Gasteiger partial charge in [-0.1, -0.05) is 6.07 Å². The zero-order chi connectivity index (χ0) is 12.0. The number of carbonyl (C=O) groups excluding carboxylic acids is 1. The normalized spacial score (nSPS) is 11.8. The minimum atomic E-state index is -0.947. The summed E-state index contributed by atoms with van der Waals surface area (Å²) in [5, 5.41) is 8.76. The Balaban J connectivity index is 2.79. The van der Waals surface area contributed by atoms with Gasteiger partial charge in [0.25, 0.3) is 0 Å². The van der Waals surface area contributed by atoms with E-state index < -0.39 is 17.9 Å². The Hall–Kier alpha value is -1.91. The van der Waals surface area contributed by atoms with Crippen LogP contribution < -0.4 is 0 Å². The first-order chi connectivity index (χ1) is 7.63. The summed E-state index contributed by atoms with van der Waals surface area (Å²) >= 11 is 0. The Morgan fingerprint density at radius 3 is 2.75 bits per heavy atom. The summed E-state index contributed by atoms with van der Waals surface area (Å²) in [7, 11) is 1.28. The largest absolute Gasteiger partial charge is 0.481 e. The highest BCUT2D eigenvalue weighted by Crippen LogP contribution is 2.23. The highest BCUT2D eigenvalue weighted by molar-refractivity contribution is 5.73. The molecule has 1 aromatic heterocycles. The van der Waals surface area contributed by atoms with Crippen molar-refractivity contribution in [3.8, 4) is 0 Å². The molecule has 1 N–H and O–H groups in total. The second kappa shape index (κ2) is 5.85. The summed E-state index contributed by atoms with van der Waals surface area (Å²) in [6, 6.07) is 3.46. The molecule has 1 aromatic rings. The zero-order valence-corrected chi connectivity index (χ0v) is 8.92. The van der Waals surface area contributed by atoms with Gasteiger partial charge in [-0.05, 0) is 11.6 Å². The molecule has 5 nitrogen and oxygen atoms in total. The third-order valence-electron chi connectivity index (χ3n) is 2.22. The molecule has 0 aliphatic heterocycles. The fourth-order valence-corrected chi connectivity index (χ4v) is 1.42. The number of pyridine rings is 1. The van der Waals surface area contributed by atoms with E-state index in [-0.39, 0.29) is 12.8 Å². The molecule has 0 saturated heterocycles. The van der Waals surface area contributed by atoms with Gasteiger partial charge in [-0.15, -0.1) is 0 Å². The minimum absolute atomic E-state index is 0.0501. The quantitative estimate of drug-likeness (QED) is 0.759. The number of aliphatic carboxylic acids is 1. The molecule has 0 aliphatic rings. The molecule has 5 heteroatoms. The van der Waals surface area contributed by atoms with Crippen LogP contribution in [0.2, 0.25) is 0 Å². The minimum Gasteiger partial charge on any atom is -0.481 e. The monoisotopic (exact) mass is 223 g/mol. The van der Waals surface area contributed by atoms with Crippen LogP contribution >= 0.6 is 0 Å². The van der Waals surface area contributed by atoms with Crippen LogP contribution in [0.4, 0.5) is 0 Å². The number of carboxylic acid groups (broad SMARTS) is 1. The lowest BCUT2D eigenvalue weighted by atomic mass is 9.94. The van der Waals surface area contributed by atoms with Crippen molar-refractivity contribution in [2.24, 2.45) is 0 Å². The van der Waals surface area contributed by atoms with Crippen molar-refractivity contribution >= 4 is 11.9 Å². The first-order valence-corrected chi connectivity index (χ1v) is 4.82. The molecule has 0 spiro atoms. The second-order valence-electron chi connectivity index (χ2n) is 3.36. The van der Waals surface area contributed by atoms with E-state index in [4.69, 9.17) is 5.11 Å². The Labute approximate surface area is 93.1 Å². The summed E-state index contributed by atoms with van der Waals surface area (Å²) in [6.07, 6.45) is 3.10. The van der Waals surface area contributed by atoms with Crippen LogP contribution in [0.1, 0.15) is 24.3 Å². The maximum absolute atomic E-state index is 11.1. The first kappa shape index (κ1) is 12.2. The summed E-state index contributed by atoms with van der Waals surface area (Å²) < 4.78 is 4.53. The van der Waals surface area contributed by atoms with E-state index in [1.165, 1.54) is 7.11 Å². The molecule has 86 valence electrons. The average Bonchev–Trinajstić information content (AvgIpc) is 2.28. The molecule has 1 unspecified atom stereocenters. The molecule has 0 radical (unpaired) electrons. The number of methoxy groups -OCH3 is 1. The summed E-state index contributed by atoms with van der Waals surface area (Å²) in [5.74, 6) is -1.76. The Morgan fingerprint density at radius 1 is 1.50 bits per heavy atom. The molecule has 0 aliphatic carbocycles. The average molecular weight is 223 g/mol. The van der Waals surface area contributed by atoms with Crippen molar-refractivity contribution in [2.75, 3.05) is 7.11 Å². The van der Waals surface area contributed by atoms with E-state index in [9.17, 15) is 9.59 Å². The number of nitrogens with zero attached hydrogens (tertiary/aromatic N) is 1. The van der Waals surface area contributed by atoms with E-state index in [2.05, 4.69) is 9.72 Å². The lowest BCUT2D eigenvalue weighted by molar-refractivity contribution is -0.141. The number of aromatic nitrogens is 1. The van der Waals surface area contributed by atoms with Gasteiger partial charge in [-0.25, -0.2) is 0 Å².